The molecule has 1 heterocycles. The van der Waals surface area contributed by atoms with Gasteiger partial charge < -0.3 is 16.2 Å². The van der Waals surface area contributed by atoms with Crippen molar-refractivity contribution in [1.29, 1.82) is 0 Å². The van der Waals surface area contributed by atoms with Crippen molar-refractivity contribution >= 4 is 23.0 Å². The van der Waals surface area contributed by atoms with Crippen LogP contribution in [-0.4, -0.2) is 35.5 Å². The van der Waals surface area contributed by atoms with Crippen LogP contribution in [-0.2, 0) is 24.1 Å². The molecule has 0 bridgehead atoms. The molecule has 0 radical (unpaired) electrons. The summed E-state index contributed by atoms with van der Waals surface area (Å²) >= 11 is 1.59. The van der Waals surface area contributed by atoms with Crippen LogP contribution in [0.4, 0.5) is 0 Å². The Kier molecular flexibility index (Phi) is 4.46. The van der Waals surface area contributed by atoms with Crippen molar-refractivity contribution < 1.29 is 14.7 Å². The zero-order chi connectivity index (χ0) is 17.6. The van der Waals surface area contributed by atoms with Crippen LogP contribution in [0.3, 0.4) is 0 Å². The van der Waals surface area contributed by atoms with Crippen molar-refractivity contribution in [2.75, 3.05) is 13.1 Å². The molecule has 3 aliphatic carbocycles. The summed E-state index contributed by atoms with van der Waals surface area (Å²) in [5.74, 6) is 0.978. The van der Waals surface area contributed by atoms with E-state index in [1.54, 1.807) is 11.3 Å². The molecule has 136 valence electrons. The fourth-order valence-corrected chi connectivity index (χ4v) is 4.97. The van der Waals surface area contributed by atoms with E-state index in [4.69, 9.17) is 5.73 Å². The predicted octanol–water partition coefficient (Wildman–Crippen LogP) is 1.59. The second kappa shape index (κ2) is 6.49. The lowest BCUT2D eigenvalue weighted by Crippen LogP contribution is -2.43. The van der Waals surface area contributed by atoms with Crippen LogP contribution in [0.2, 0.25) is 0 Å². The van der Waals surface area contributed by atoms with Gasteiger partial charge in [0.15, 0.2) is 0 Å². The average Bonchev–Trinajstić information content (AvgIpc) is 3.49. The van der Waals surface area contributed by atoms with Gasteiger partial charge in [-0.15, -0.1) is 11.3 Å². The minimum Gasteiger partial charge on any atom is -0.388 e. The Morgan fingerprint density at radius 2 is 2.04 bits per heavy atom. The number of ketones is 1. The molecule has 1 aromatic rings. The number of Topliss-reactive ketones (excluding diaryl/α,β-unsaturated/α-hetero) is 1. The maximum Gasteiger partial charge on any atom is 0.252 e. The van der Waals surface area contributed by atoms with E-state index < -0.39 is 5.60 Å². The SMILES string of the molecule is NCC1(O)CCc2sc(CC(=O)C3CC3)c(C(=O)NCC3CC3)c2C1. The molecule has 5 nitrogen and oxygen atoms in total. The molecular formula is C19H26N2O3S. The quantitative estimate of drug-likeness (QED) is 0.687. The molecule has 2 saturated carbocycles. The van der Waals surface area contributed by atoms with Gasteiger partial charge in [0.05, 0.1) is 11.2 Å². The van der Waals surface area contributed by atoms with Gasteiger partial charge in [0.25, 0.3) is 5.91 Å². The first-order valence-electron chi connectivity index (χ1n) is 9.36. The van der Waals surface area contributed by atoms with Crippen LogP contribution in [0, 0.1) is 11.8 Å². The number of aliphatic hydroxyl groups is 1. The summed E-state index contributed by atoms with van der Waals surface area (Å²) in [4.78, 5) is 27.2. The smallest absolute Gasteiger partial charge is 0.252 e. The van der Waals surface area contributed by atoms with Crippen LogP contribution >= 0.6 is 11.3 Å². The molecule has 25 heavy (non-hydrogen) atoms. The van der Waals surface area contributed by atoms with Crippen LogP contribution in [0.1, 0.15) is 57.8 Å². The monoisotopic (exact) mass is 362 g/mol. The molecule has 1 atom stereocenters. The number of nitrogens with two attached hydrogens (primary N) is 1. The van der Waals surface area contributed by atoms with E-state index in [1.165, 1.54) is 12.8 Å². The Morgan fingerprint density at radius 1 is 1.28 bits per heavy atom. The van der Waals surface area contributed by atoms with Crippen molar-refractivity contribution in [3.8, 4) is 0 Å². The van der Waals surface area contributed by atoms with Gasteiger partial charge in [-0.25, -0.2) is 0 Å². The number of nitrogens with one attached hydrogen (secondary N) is 1. The Morgan fingerprint density at radius 3 is 2.68 bits per heavy atom. The minimum absolute atomic E-state index is 0.0794. The first-order valence-corrected chi connectivity index (χ1v) is 10.2. The number of carbonyl (C=O) groups excluding carboxylic acids is 2. The number of amides is 1. The van der Waals surface area contributed by atoms with Gasteiger partial charge in [-0.3, -0.25) is 9.59 Å². The number of aryl methyl sites for hydroxylation is 1. The van der Waals surface area contributed by atoms with Crippen LogP contribution in [0.5, 0.6) is 0 Å². The molecule has 6 heteroatoms. The maximum atomic E-state index is 12.9. The number of hydrogen-bond acceptors (Lipinski definition) is 5. The zero-order valence-electron chi connectivity index (χ0n) is 14.5. The average molecular weight is 362 g/mol. The van der Waals surface area contributed by atoms with Gasteiger partial charge in [0.2, 0.25) is 0 Å². The Labute approximate surface area is 152 Å². The second-order valence-corrected chi connectivity index (χ2v) is 9.17. The van der Waals surface area contributed by atoms with Crippen molar-refractivity contribution in [2.45, 2.75) is 57.0 Å². The van der Waals surface area contributed by atoms with E-state index >= 15 is 0 Å². The van der Waals surface area contributed by atoms with Crippen molar-refractivity contribution in [3.63, 3.8) is 0 Å². The van der Waals surface area contributed by atoms with Gasteiger partial charge >= 0.3 is 0 Å². The molecule has 1 unspecified atom stereocenters. The Balaban J connectivity index is 1.62. The fraction of sp³-hybridized carbons (Fsp3) is 0.684. The van der Waals surface area contributed by atoms with Gasteiger partial charge in [0, 0.05) is 41.6 Å². The highest BCUT2D eigenvalue weighted by Gasteiger charge is 2.38. The first-order chi connectivity index (χ1) is 12.0. The van der Waals surface area contributed by atoms with E-state index in [2.05, 4.69) is 5.32 Å². The molecule has 2 fully saturated rings. The second-order valence-electron chi connectivity index (χ2n) is 7.98. The van der Waals surface area contributed by atoms with E-state index in [9.17, 15) is 14.7 Å². The molecule has 0 spiro atoms. The lowest BCUT2D eigenvalue weighted by atomic mass is 9.82. The standard InChI is InChI=1S/C19H26N2O3S/c20-10-19(24)6-5-15-13(8-19)17(18(23)21-9-11-1-2-11)16(25-15)7-14(22)12-3-4-12/h11-12,24H,1-10,20H2,(H,21,23). The third-order valence-corrected chi connectivity index (χ3v) is 7.00. The number of fused-ring (bicyclic) bond motifs is 1. The summed E-state index contributed by atoms with van der Waals surface area (Å²) in [5.41, 5.74) is 6.41. The van der Waals surface area contributed by atoms with Crippen molar-refractivity contribution in [1.82, 2.24) is 5.32 Å². The van der Waals surface area contributed by atoms with E-state index in [0.29, 0.717) is 37.3 Å². The summed E-state index contributed by atoms with van der Waals surface area (Å²) in [6, 6.07) is 0. The largest absolute Gasteiger partial charge is 0.388 e. The highest BCUT2D eigenvalue weighted by atomic mass is 32.1. The van der Waals surface area contributed by atoms with Crippen molar-refractivity contribution in [2.24, 2.45) is 17.6 Å². The van der Waals surface area contributed by atoms with Crippen LogP contribution in [0.25, 0.3) is 0 Å². The normalized spacial score (nSPS) is 25.5. The highest BCUT2D eigenvalue weighted by molar-refractivity contribution is 7.12. The molecule has 0 saturated heterocycles. The summed E-state index contributed by atoms with van der Waals surface area (Å²) in [6.07, 6.45) is 6.46. The van der Waals surface area contributed by atoms with Gasteiger partial charge in [0.1, 0.15) is 5.78 Å². The number of thiophene rings is 1. The Bertz CT molecular complexity index is 706. The molecule has 3 aliphatic rings. The summed E-state index contributed by atoms with van der Waals surface area (Å²) in [6.45, 7) is 0.905. The third-order valence-electron chi connectivity index (χ3n) is 5.71. The summed E-state index contributed by atoms with van der Waals surface area (Å²) in [5, 5.41) is 13.7. The maximum absolute atomic E-state index is 12.9. The molecule has 4 rings (SSSR count). The molecule has 0 aromatic carbocycles. The zero-order valence-corrected chi connectivity index (χ0v) is 15.3. The minimum atomic E-state index is -0.933. The summed E-state index contributed by atoms with van der Waals surface area (Å²) < 4.78 is 0. The lowest BCUT2D eigenvalue weighted by molar-refractivity contribution is -0.119. The predicted molar refractivity (Wildman–Crippen MR) is 96.8 cm³/mol. The molecule has 0 aliphatic heterocycles. The number of hydrogen-bond donors (Lipinski definition) is 3. The fourth-order valence-electron chi connectivity index (χ4n) is 3.64. The molecule has 4 N–H and O–H groups in total. The number of carbonyl (C=O) groups is 2. The van der Waals surface area contributed by atoms with Crippen LogP contribution in [0.15, 0.2) is 0 Å². The first kappa shape index (κ1) is 17.2. The van der Waals surface area contributed by atoms with Gasteiger partial charge in [-0.1, -0.05) is 0 Å². The summed E-state index contributed by atoms with van der Waals surface area (Å²) in [7, 11) is 0. The topological polar surface area (TPSA) is 92.4 Å². The molecule has 1 amide bonds. The molecule has 1 aromatic heterocycles. The van der Waals surface area contributed by atoms with Crippen LogP contribution < -0.4 is 11.1 Å². The highest BCUT2D eigenvalue weighted by Crippen LogP contribution is 2.40. The van der Waals surface area contributed by atoms with E-state index in [0.717, 1.165) is 34.6 Å². The lowest BCUT2D eigenvalue weighted by Gasteiger charge is -2.31. The van der Waals surface area contributed by atoms with Crippen molar-refractivity contribution in [3.05, 3.63) is 20.9 Å². The third kappa shape index (κ3) is 3.66. The van der Waals surface area contributed by atoms with Gasteiger partial charge in [-0.05, 0) is 50.0 Å². The Hall–Kier alpha value is -1.24. The van der Waals surface area contributed by atoms with E-state index in [-0.39, 0.29) is 24.2 Å². The number of rotatable bonds is 7. The van der Waals surface area contributed by atoms with E-state index in [1.807, 2.05) is 0 Å². The van der Waals surface area contributed by atoms with Gasteiger partial charge in [-0.2, -0.15) is 0 Å². The molecular weight excluding hydrogens is 336 g/mol.